The molecule has 0 aliphatic carbocycles. The first-order valence-electron chi connectivity index (χ1n) is 8.23. The Bertz CT molecular complexity index is 1250. The first-order chi connectivity index (χ1) is 13.6. The first kappa shape index (κ1) is 20.0. The number of nitrogens with two attached hydrogens (primary N) is 1. The number of aromatic nitrogens is 3. The van der Waals surface area contributed by atoms with Crippen molar-refractivity contribution in [3.8, 4) is 0 Å². The molecule has 1 aromatic carbocycles. The van der Waals surface area contributed by atoms with Crippen molar-refractivity contribution in [3.05, 3.63) is 51.8 Å². The van der Waals surface area contributed by atoms with E-state index in [1.807, 2.05) is 0 Å². The van der Waals surface area contributed by atoms with E-state index in [0.29, 0.717) is 22.8 Å². The van der Waals surface area contributed by atoms with Crippen molar-refractivity contribution in [2.75, 3.05) is 4.72 Å². The number of hydrogen-bond donors (Lipinski definition) is 4. The maximum atomic E-state index is 12.4. The number of hydrogen-bond acceptors (Lipinski definition) is 8. The van der Waals surface area contributed by atoms with E-state index in [4.69, 9.17) is 15.6 Å². The monoisotopic (exact) mass is 418 g/mol. The van der Waals surface area contributed by atoms with Crippen LogP contribution in [-0.4, -0.2) is 29.1 Å². The largest absolute Gasteiger partial charge is 0.428 e. The Morgan fingerprint density at radius 1 is 1.24 bits per heavy atom. The molecule has 0 spiro atoms. The molecule has 0 aliphatic heterocycles. The van der Waals surface area contributed by atoms with Crippen LogP contribution in [0, 0.1) is 26.2 Å². The predicted molar refractivity (Wildman–Crippen MR) is 105 cm³/mol. The molecular formula is C16H18N8O4S. The quantitative estimate of drug-likeness (QED) is 0.279. The van der Waals surface area contributed by atoms with Crippen LogP contribution in [0.4, 0.5) is 17.4 Å². The maximum absolute atomic E-state index is 12.4. The third-order valence-electron chi connectivity index (χ3n) is 3.94. The summed E-state index contributed by atoms with van der Waals surface area (Å²) in [6.07, 6.45) is 0. The molecule has 13 heteroatoms. The van der Waals surface area contributed by atoms with Crippen molar-refractivity contribution in [1.29, 1.82) is 5.41 Å². The third-order valence-corrected chi connectivity index (χ3v) is 5.28. The van der Waals surface area contributed by atoms with Gasteiger partial charge < -0.3 is 10.2 Å². The van der Waals surface area contributed by atoms with Crippen molar-refractivity contribution in [2.45, 2.75) is 25.7 Å². The number of azo groups is 1. The van der Waals surface area contributed by atoms with Gasteiger partial charge in [-0.3, -0.25) is 15.3 Å². The molecule has 29 heavy (non-hydrogen) atoms. The fourth-order valence-corrected chi connectivity index (χ4v) is 3.24. The van der Waals surface area contributed by atoms with Gasteiger partial charge in [-0.2, -0.15) is 14.8 Å². The van der Waals surface area contributed by atoms with Gasteiger partial charge in [0.2, 0.25) is 5.96 Å². The molecule has 0 saturated heterocycles. The van der Waals surface area contributed by atoms with Crippen molar-refractivity contribution in [3.63, 3.8) is 0 Å². The second kappa shape index (κ2) is 7.35. The van der Waals surface area contributed by atoms with Gasteiger partial charge in [0.25, 0.3) is 10.0 Å². The highest BCUT2D eigenvalue weighted by atomic mass is 32.2. The Kier molecular flexibility index (Phi) is 5.07. The molecule has 0 aliphatic rings. The number of nitrogens with zero attached hydrogens (tertiary/aromatic N) is 4. The van der Waals surface area contributed by atoms with Crippen LogP contribution in [0.3, 0.4) is 0 Å². The molecule has 0 fully saturated rings. The SMILES string of the molecule is Cc1nc(NS(=O)(=O)c2ccc(N=Nc3c(C)[nH]n(C(=N)N)c3=O)cc2)oc1C. The zero-order valence-electron chi connectivity index (χ0n) is 15.7. The van der Waals surface area contributed by atoms with E-state index in [-0.39, 0.29) is 16.6 Å². The molecule has 0 bridgehead atoms. The molecule has 3 aromatic rings. The Labute approximate surface area is 165 Å². The first-order valence-corrected chi connectivity index (χ1v) is 9.71. The number of nitrogens with one attached hydrogen (secondary N) is 3. The summed E-state index contributed by atoms with van der Waals surface area (Å²) in [5.41, 5.74) is 5.97. The van der Waals surface area contributed by atoms with E-state index in [9.17, 15) is 13.2 Å². The number of anilines is 1. The van der Waals surface area contributed by atoms with Gasteiger partial charge in [0.05, 0.1) is 22.0 Å². The van der Waals surface area contributed by atoms with Gasteiger partial charge in [-0.25, -0.2) is 13.1 Å². The molecule has 5 N–H and O–H groups in total. The fourth-order valence-electron chi connectivity index (χ4n) is 2.32. The normalized spacial score (nSPS) is 11.8. The van der Waals surface area contributed by atoms with E-state index < -0.39 is 21.5 Å². The van der Waals surface area contributed by atoms with Crippen molar-refractivity contribution in [1.82, 2.24) is 14.8 Å². The molecule has 0 radical (unpaired) electrons. The molecule has 152 valence electrons. The maximum Gasteiger partial charge on any atom is 0.309 e. The van der Waals surface area contributed by atoms with Crippen molar-refractivity contribution < 1.29 is 12.8 Å². The highest BCUT2D eigenvalue weighted by Crippen LogP contribution is 2.22. The van der Waals surface area contributed by atoms with Crippen LogP contribution in [-0.2, 0) is 10.0 Å². The number of aromatic amines is 1. The van der Waals surface area contributed by atoms with E-state index >= 15 is 0 Å². The lowest BCUT2D eigenvalue weighted by Gasteiger charge is -2.04. The Morgan fingerprint density at radius 3 is 2.41 bits per heavy atom. The van der Waals surface area contributed by atoms with Crippen LogP contribution in [0.2, 0.25) is 0 Å². The van der Waals surface area contributed by atoms with E-state index in [2.05, 4.69) is 25.0 Å². The lowest BCUT2D eigenvalue weighted by molar-refractivity contribution is 0.541. The zero-order valence-corrected chi connectivity index (χ0v) is 16.5. The van der Waals surface area contributed by atoms with Gasteiger partial charge in [-0.05, 0) is 45.0 Å². The predicted octanol–water partition coefficient (Wildman–Crippen LogP) is 2.05. The summed E-state index contributed by atoms with van der Waals surface area (Å²) in [6.45, 7) is 4.97. The number of aryl methyl sites for hydroxylation is 3. The summed E-state index contributed by atoms with van der Waals surface area (Å²) in [5, 5.41) is 17.7. The number of sulfonamides is 1. The van der Waals surface area contributed by atoms with E-state index in [0.717, 1.165) is 4.68 Å². The topological polar surface area (TPSA) is 185 Å². The van der Waals surface area contributed by atoms with Crippen LogP contribution in [0.15, 0.2) is 48.6 Å². The Morgan fingerprint density at radius 2 is 1.90 bits per heavy atom. The molecule has 3 rings (SSSR count). The Balaban J connectivity index is 1.81. The molecule has 0 unspecified atom stereocenters. The van der Waals surface area contributed by atoms with Crippen molar-refractivity contribution in [2.24, 2.45) is 16.0 Å². The summed E-state index contributed by atoms with van der Waals surface area (Å²) < 4.78 is 33.2. The average Bonchev–Trinajstić information content (AvgIpc) is 3.11. The van der Waals surface area contributed by atoms with Crippen molar-refractivity contribution >= 4 is 33.4 Å². The summed E-state index contributed by atoms with van der Waals surface area (Å²) in [5.74, 6) is 0.0420. The molecule has 0 atom stereocenters. The second-order valence-corrected chi connectivity index (χ2v) is 7.75. The lowest BCUT2D eigenvalue weighted by Crippen LogP contribution is -2.30. The van der Waals surface area contributed by atoms with Crippen LogP contribution < -0.4 is 16.0 Å². The molecule has 0 amide bonds. The number of oxazole rings is 1. The van der Waals surface area contributed by atoms with Gasteiger partial charge >= 0.3 is 11.6 Å². The molecule has 2 heterocycles. The summed E-state index contributed by atoms with van der Waals surface area (Å²) in [7, 11) is -3.89. The Hall–Kier alpha value is -3.74. The van der Waals surface area contributed by atoms with Gasteiger partial charge in [0.15, 0.2) is 5.69 Å². The highest BCUT2D eigenvalue weighted by molar-refractivity contribution is 7.92. The standard InChI is InChI=1S/C16H18N8O4S/c1-8-10(3)28-16(19-8)23-29(26,27)12-6-4-11(5-7-12)20-21-13-9(2)22-24(14(13)25)15(17)18/h4-7,22H,1-3H3,(H3,17,18)(H,19,23). The zero-order chi connectivity index (χ0) is 21.3. The van der Waals surface area contributed by atoms with Gasteiger partial charge in [0, 0.05) is 0 Å². The third kappa shape index (κ3) is 4.08. The summed E-state index contributed by atoms with van der Waals surface area (Å²) in [6, 6.07) is 5.40. The molecule has 0 saturated carbocycles. The second-order valence-electron chi connectivity index (χ2n) is 6.07. The summed E-state index contributed by atoms with van der Waals surface area (Å²) in [4.78, 5) is 16.0. The van der Waals surface area contributed by atoms with Gasteiger partial charge in [-0.1, -0.05) is 0 Å². The molecular weight excluding hydrogens is 400 g/mol. The van der Waals surface area contributed by atoms with E-state index in [1.165, 1.54) is 24.3 Å². The number of H-pyrrole nitrogens is 1. The highest BCUT2D eigenvalue weighted by Gasteiger charge is 2.18. The van der Waals surface area contributed by atoms with Crippen LogP contribution in [0.5, 0.6) is 0 Å². The van der Waals surface area contributed by atoms with Gasteiger partial charge in [0.1, 0.15) is 5.76 Å². The molecule has 12 nitrogen and oxygen atoms in total. The van der Waals surface area contributed by atoms with Crippen LogP contribution >= 0.6 is 0 Å². The van der Waals surface area contributed by atoms with Crippen LogP contribution in [0.25, 0.3) is 0 Å². The van der Waals surface area contributed by atoms with E-state index in [1.54, 1.807) is 20.8 Å². The van der Waals surface area contributed by atoms with Gasteiger partial charge in [-0.15, -0.1) is 5.11 Å². The smallest absolute Gasteiger partial charge is 0.309 e. The lowest BCUT2D eigenvalue weighted by atomic mass is 10.3. The number of rotatable bonds is 5. The molecule has 2 aromatic heterocycles. The minimum atomic E-state index is -3.89. The minimum absolute atomic E-state index is 0.00630. The fraction of sp³-hybridized carbons (Fsp3) is 0.188. The minimum Gasteiger partial charge on any atom is -0.428 e. The van der Waals surface area contributed by atoms with Crippen LogP contribution in [0.1, 0.15) is 17.1 Å². The average molecular weight is 418 g/mol. The summed E-state index contributed by atoms with van der Waals surface area (Å²) >= 11 is 0. The number of benzene rings is 1. The number of nitrogen functional groups attached to an aromatic ring is 1.